The number of rotatable bonds is 5. The third-order valence-electron chi connectivity index (χ3n) is 3.83. The molecule has 1 aliphatic heterocycles. The molecule has 3 rings (SSSR count). The minimum absolute atomic E-state index is 0.184. The van der Waals surface area contributed by atoms with Crippen LogP contribution in [0.5, 0.6) is 0 Å². The first-order valence-corrected chi connectivity index (χ1v) is 9.24. The van der Waals surface area contributed by atoms with E-state index in [1.165, 1.54) is 11.3 Å². The van der Waals surface area contributed by atoms with E-state index < -0.39 is 12.0 Å². The number of hydrogen-bond donors (Lipinski definition) is 2. The predicted molar refractivity (Wildman–Crippen MR) is 104 cm³/mol. The number of halogens is 1. The van der Waals surface area contributed by atoms with Crippen LogP contribution in [0.1, 0.15) is 17.8 Å². The van der Waals surface area contributed by atoms with Gasteiger partial charge in [0.25, 0.3) is 0 Å². The zero-order chi connectivity index (χ0) is 18.0. The second-order valence-corrected chi connectivity index (χ2v) is 7.35. The Morgan fingerprint density at radius 3 is 2.84 bits per heavy atom. The molecule has 2 N–H and O–H groups in total. The maximum absolute atomic E-state index is 12.6. The molecule has 0 bridgehead atoms. The number of nitrogens with one attached hydrogen (secondary N) is 2. The molecule has 1 aromatic carbocycles. The maximum atomic E-state index is 12.6. The number of thiocarbonyl (C=S) groups is 1. The fraction of sp³-hybridized carbons (Fsp3) is 0.294. The Kier molecular flexibility index (Phi) is 5.58. The summed E-state index contributed by atoms with van der Waals surface area (Å²) in [5.41, 5.74) is 1.13. The molecule has 2 heterocycles. The van der Waals surface area contributed by atoms with Crippen LogP contribution in [0.4, 0.5) is 0 Å². The van der Waals surface area contributed by atoms with Gasteiger partial charge in [-0.1, -0.05) is 29.8 Å². The number of allylic oxidation sites excluding steroid dienone is 1. The van der Waals surface area contributed by atoms with Gasteiger partial charge >= 0.3 is 5.97 Å². The molecule has 0 fully saturated rings. The van der Waals surface area contributed by atoms with Crippen molar-refractivity contribution >= 4 is 56.3 Å². The molecule has 132 valence electrons. The average molecular weight is 397 g/mol. The Morgan fingerprint density at radius 2 is 2.12 bits per heavy atom. The van der Waals surface area contributed by atoms with Crippen LogP contribution in [0.2, 0.25) is 5.02 Å². The third-order valence-corrected chi connectivity index (χ3v) is 5.81. The molecule has 0 radical (unpaired) electrons. The minimum atomic E-state index is -0.450. The van der Waals surface area contributed by atoms with Gasteiger partial charge in [0.15, 0.2) is 5.11 Å². The molecule has 0 unspecified atom stereocenters. The van der Waals surface area contributed by atoms with E-state index in [0.29, 0.717) is 28.0 Å². The van der Waals surface area contributed by atoms with Crippen molar-refractivity contribution in [3.63, 3.8) is 0 Å². The Balaban J connectivity index is 2.01. The van der Waals surface area contributed by atoms with Crippen LogP contribution in [0, 0.1) is 0 Å². The van der Waals surface area contributed by atoms with Gasteiger partial charge in [0.05, 0.1) is 28.1 Å². The first kappa shape index (κ1) is 18.1. The van der Waals surface area contributed by atoms with E-state index in [-0.39, 0.29) is 6.61 Å². The van der Waals surface area contributed by atoms with E-state index >= 15 is 0 Å². The van der Waals surface area contributed by atoms with Crippen molar-refractivity contribution in [2.45, 2.75) is 13.0 Å². The molecule has 1 atom stereocenters. The lowest BCUT2D eigenvalue weighted by Gasteiger charge is -2.29. The van der Waals surface area contributed by atoms with Crippen molar-refractivity contribution in [2.75, 3.05) is 20.3 Å². The van der Waals surface area contributed by atoms with Crippen LogP contribution in [0.25, 0.3) is 10.1 Å². The summed E-state index contributed by atoms with van der Waals surface area (Å²) in [6.45, 7) is 2.32. The smallest absolute Gasteiger partial charge is 0.338 e. The van der Waals surface area contributed by atoms with Gasteiger partial charge in [-0.05, 0) is 25.2 Å². The topological polar surface area (TPSA) is 59.6 Å². The molecule has 25 heavy (non-hydrogen) atoms. The number of fused-ring (bicyclic) bond motifs is 1. The highest BCUT2D eigenvalue weighted by Gasteiger charge is 2.33. The van der Waals surface area contributed by atoms with Crippen LogP contribution in [0.3, 0.4) is 0 Å². The molecular formula is C17H17ClN2O3S2. The molecule has 0 saturated carbocycles. The lowest BCUT2D eigenvalue weighted by Crippen LogP contribution is -2.45. The van der Waals surface area contributed by atoms with Gasteiger partial charge in [0.1, 0.15) is 6.61 Å². The van der Waals surface area contributed by atoms with Crippen LogP contribution in [-0.4, -0.2) is 31.4 Å². The van der Waals surface area contributed by atoms with Gasteiger partial charge in [0, 0.05) is 22.9 Å². The Bertz CT molecular complexity index is 863. The molecule has 0 spiro atoms. The fourth-order valence-electron chi connectivity index (χ4n) is 2.68. The SMILES string of the molecule is COCCOC(=O)C1=C(C)NC(=S)N[C@@H]1c1sc2ccccc2c1Cl. The first-order chi connectivity index (χ1) is 12.0. The Hall–Kier alpha value is -1.67. The molecule has 1 aromatic heterocycles. The predicted octanol–water partition coefficient (Wildman–Crippen LogP) is 3.54. The molecular weight excluding hydrogens is 380 g/mol. The number of thiophene rings is 1. The van der Waals surface area contributed by atoms with E-state index in [1.54, 1.807) is 14.0 Å². The third kappa shape index (κ3) is 3.64. The highest BCUT2D eigenvalue weighted by atomic mass is 35.5. The summed E-state index contributed by atoms with van der Waals surface area (Å²) in [7, 11) is 1.56. The quantitative estimate of drug-likeness (QED) is 0.458. The van der Waals surface area contributed by atoms with Crippen molar-refractivity contribution in [3.8, 4) is 0 Å². The highest BCUT2D eigenvalue weighted by Crippen LogP contribution is 2.42. The van der Waals surface area contributed by atoms with Crippen LogP contribution >= 0.6 is 35.2 Å². The molecule has 8 heteroatoms. The molecule has 0 aliphatic carbocycles. The fourth-order valence-corrected chi connectivity index (χ4v) is 4.55. The van der Waals surface area contributed by atoms with Gasteiger partial charge in [-0.15, -0.1) is 11.3 Å². The molecule has 5 nitrogen and oxygen atoms in total. The van der Waals surface area contributed by atoms with Gasteiger partial charge in [-0.3, -0.25) is 0 Å². The van der Waals surface area contributed by atoms with Crippen molar-refractivity contribution < 1.29 is 14.3 Å². The number of benzene rings is 1. The summed E-state index contributed by atoms with van der Waals surface area (Å²) in [5, 5.41) is 8.16. The summed E-state index contributed by atoms with van der Waals surface area (Å²) >= 11 is 13.4. The largest absolute Gasteiger partial charge is 0.460 e. The van der Waals surface area contributed by atoms with Crippen molar-refractivity contribution in [3.05, 3.63) is 45.4 Å². The number of esters is 1. The van der Waals surface area contributed by atoms with E-state index in [4.69, 9.17) is 33.3 Å². The van der Waals surface area contributed by atoms with E-state index in [1.807, 2.05) is 24.3 Å². The molecule has 0 amide bonds. The summed E-state index contributed by atoms with van der Waals surface area (Å²) in [6, 6.07) is 7.41. The lowest BCUT2D eigenvalue weighted by atomic mass is 10.0. The van der Waals surface area contributed by atoms with Crippen molar-refractivity contribution in [1.29, 1.82) is 0 Å². The van der Waals surface area contributed by atoms with Crippen LogP contribution in [0.15, 0.2) is 35.5 Å². The van der Waals surface area contributed by atoms with Gasteiger partial charge < -0.3 is 20.1 Å². The molecule has 1 aliphatic rings. The summed E-state index contributed by atoms with van der Waals surface area (Å²) in [4.78, 5) is 13.4. The minimum Gasteiger partial charge on any atom is -0.460 e. The zero-order valence-corrected chi connectivity index (χ0v) is 16.1. The monoisotopic (exact) mass is 396 g/mol. The van der Waals surface area contributed by atoms with Gasteiger partial charge in [0.2, 0.25) is 0 Å². The van der Waals surface area contributed by atoms with E-state index in [9.17, 15) is 4.79 Å². The molecule has 2 aromatic rings. The average Bonchev–Trinajstić information content (AvgIpc) is 2.91. The highest BCUT2D eigenvalue weighted by molar-refractivity contribution is 7.80. The second kappa shape index (κ2) is 7.70. The molecule has 0 saturated heterocycles. The van der Waals surface area contributed by atoms with E-state index in [2.05, 4.69) is 10.6 Å². The van der Waals surface area contributed by atoms with Crippen LogP contribution in [-0.2, 0) is 14.3 Å². The standard InChI is InChI=1S/C17H17ClN2O3S2/c1-9-12(16(21)23-8-7-22-2)14(20-17(24)19-9)15-13(18)10-5-3-4-6-11(10)25-15/h3-6,14H,7-8H2,1-2H3,(H2,19,20,24)/t14-/m0/s1. The summed E-state index contributed by atoms with van der Waals surface area (Å²) < 4.78 is 11.3. The number of carbonyl (C=O) groups is 1. The number of methoxy groups -OCH3 is 1. The normalized spacial score (nSPS) is 17.4. The van der Waals surface area contributed by atoms with Crippen molar-refractivity contribution in [2.24, 2.45) is 0 Å². The number of hydrogen-bond acceptors (Lipinski definition) is 5. The summed E-state index contributed by atoms with van der Waals surface area (Å²) in [5.74, 6) is -0.421. The Labute approximate surface area is 159 Å². The number of ether oxygens (including phenoxy) is 2. The van der Waals surface area contributed by atoms with Gasteiger partial charge in [-0.25, -0.2) is 4.79 Å². The van der Waals surface area contributed by atoms with E-state index in [0.717, 1.165) is 15.0 Å². The number of carbonyl (C=O) groups excluding carboxylic acids is 1. The Morgan fingerprint density at radius 1 is 1.36 bits per heavy atom. The van der Waals surface area contributed by atoms with Crippen molar-refractivity contribution in [1.82, 2.24) is 10.6 Å². The first-order valence-electron chi connectivity index (χ1n) is 7.64. The maximum Gasteiger partial charge on any atom is 0.338 e. The second-order valence-electron chi connectivity index (χ2n) is 5.48. The zero-order valence-electron chi connectivity index (χ0n) is 13.7. The lowest BCUT2D eigenvalue weighted by molar-refractivity contribution is -0.140. The van der Waals surface area contributed by atoms with Crippen LogP contribution < -0.4 is 10.6 Å². The summed E-state index contributed by atoms with van der Waals surface area (Å²) in [6.07, 6.45) is 0. The van der Waals surface area contributed by atoms with Gasteiger partial charge in [-0.2, -0.15) is 0 Å².